The van der Waals surface area contributed by atoms with Gasteiger partial charge in [0, 0.05) is 16.5 Å². The summed E-state index contributed by atoms with van der Waals surface area (Å²) >= 11 is 12.8. The van der Waals surface area contributed by atoms with Crippen molar-refractivity contribution >= 4 is 69.3 Å². The Kier molecular flexibility index (Phi) is 9.60. The number of phenols is 1. The van der Waals surface area contributed by atoms with E-state index in [9.17, 15) is 14.7 Å². The minimum absolute atomic E-state index is 0.0759. The van der Waals surface area contributed by atoms with Crippen molar-refractivity contribution in [3.63, 3.8) is 0 Å². The first-order chi connectivity index (χ1) is 30.0. The number of oxazole rings is 1. The molecule has 10 rings (SSSR count). The normalized spacial score (nSPS) is 24.2. The lowest BCUT2D eigenvalue weighted by molar-refractivity contribution is -0.138. The van der Waals surface area contributed by atoms with E-state index in [0.29, 0.717) is 50.1 Å². The van der Waals surface area contributed by atoms with Gasteiger partial charge >= 0.3 is 0 Å². The average molecular weight is 870 g/mol. The van der Waals surface area contributed by atoms with Crippen LogP contribution in [0.1, 0.15) is 36.8 Å². The van der Waals surface area contributed by atoms with Crippen molar-refractivity contribution < 1.29 is 38.2 Å². The highest BCUT2D eigenvalue weighted by Crippen LogP contribution is 2.64. The van der Waals surface area contributed by atoms with E-state index in [-0.39, 0.29) is 53.5 Å². The number of nitrogens with one attached hydrogen (secondary N) is 1. The highest BCUT2D eigenvalue weighted by atomic mass is 35.5. The van der Waals surface area contributed by atoms with Gasteiger partial charge in [0.25, 0.3) is 11.8 Å². The maximum absolute atomic E-state index is 15.6. The molecule has 1 aromatic heterocycles. The quantitative estimate of drug-likeness (QED) is 0.106. The molecule has 312 valence electrons. The summed E-state index contributed by atoms with van der Waals surface area (Å²) in [4.78, 5) is 65.9. The van der Waals surface area contributed by atoms with Crippen LogP contribution in [0, 0.1) is 23.7 Å². The van der Waals surface area contributed by atoms with Gasteiger partial charge in [-0.05, 0) is 116 Å². The van der Waals surface area contributed by atoms with Crippen LogP contribution >= 0.6 is 23.2 Å². The van der Waals surface area contributed by atoms with Crippen molar-refractivity contribution in [2.75, 3.05) is 24.0 Å². The maximum atomic E-state index is 15.6. The highest BCUT2D eigenvalue weighted by molar-refractivity contribution is 6.36. The number of hydrazine groups is 1. The first-order valence-electron chi connectivity index (χ1n) is 20.3. The average Bonchev–Trinajstić information content (AvgIpc) is 3.90. The largest absolute Gasteiger partial charge is 0.504 e. The van der Waals surface area contributed by atoms with Crippen molar-refractivity contribution in [1.82, 2.24) is 9.99 Å². The van der Waals surface area contributed by atoms with E-state index in [1.165, 1.54) is 17.0 Å². The number of para-hydroxylation sites is 2. The number of aromatic hydroxyl groups is 1. The van der Waals surface area contributed by atoms with Crippen LogP contribution in [-0.2, 0) is 24.6 Å². The standard InChI is InChI=1S/C48H38Cl2N4O8/c1-3-61-40-22-26(10-21-38(40)55)42-31-18-19-32-41(46(58)53(44(32)56)29-14-8-25(9-15-29)43-51-37-6-4-5-7-39(37)62-43)33(31)24-34-45(57)54(52-36-20-13-28(49)23-35(36)50)47(59)48(34,42)27-11-16-30(60-2)17-12-27/h4-18,20-23,32-34,41-42,52,55H,3,19,24H2,1-2H3. The summed E-state index contributed by atoms with van der Waals surface area (Å²) in [5.74, 6) is -4.83. The number of imide groups is 2. The smallest absolute Gasteiger partial charge is 0.260 e. The summed E-state index contributed by atoms with van der Waals surface area (Å²) in [6, 6.07) is 31.1. The molecule has 12 nitrogen and oxygen atoms in total. The fraction of sp³-hybridized carbons (Fsp3) is 0.229. The van der Waals surface area contributed by atoms with Gasteiger partial charge in [-0.15, -0.1) is 0 Å². The van der Waals surface area contributed by atoms with Gasteiger partial charge in [0.15, 0.2) is 17.1 Å². The summed E-state index contributed by atoms with van der Waals surface area (Å²) in [6.07, 6.45) is 2.27. The van der Waals surface area contributed by atoms with Crippen molar-refractivity contribution in [2.45, 2.75) is 31.1 Å². The summed E-state index contributed by atoms with van der Waals surface area (Å²) in [5.41, 5.74) is 6.01. The molecule has 1 saturated carbocycles. The Bertz CT molecular complexity index is 2830. The summed E-state index contributed by atoms with van der Waals surface area (Å²) in [5, 5.41) is 12.5. The lowest BCUT2D eigenvalue weighted by Crippen LogP contribution is -2.53. The Labute approximate surface area is 365 Å². The van der Waals surface area contributed by atoms with Gasteiger partial charge in [-0.1, -0.05) is 65.2 Å². The Balaban J connectivity index is 1.10. The lowest BCUT2D eigenvalue weighted by Gasteiger charge is -2.50. The molecule has 5 aromatic carbocycles. The van der Waals surface area contributed by atoms with E-state index in [0.717, 1.165) is 10.6 Å². The summed E-state index contributed by atoms with van der Waals surface area (Å²) in [7, 11) is 1.54. The molecule has 6 atom stereocenters. The fourth-order valence-electron chi connectivity index (χ4n) is 10.2. The van der Waals surface area contributed by atoms with Gasteiger partial charge in [-0.2, -0.15) is 5.01 Å². The first kappa shape index (κ1) is 39.5. The highest BCUT2D eigenvalue weighted by Gasteiger charge is 2.70. The molecular formula is C48H38Cl2N4O8. The number of rotatable bonds is 9. The van der Waals surface area contributed by atoms with Gasteiger partial charge in [0.2, 0.25) is 17.7 Å². The number of aromatic nitrogens is 1. The van der Waals surface area contributed by atoms with Crippen LogP contribution in [0.2, 0.25) is 10.0 Å². The number of halogens is 2. The molecule has 2 saturated heterocycles. The lowest BCUT2D eigenvalue weighted by atomic mass is 9.49. The molecule has 6 aromatic rings. The van der Waals surface area contributed by atoms with Crippen LogP contribution in [0.25, 0.3) is 22.6 Å². The Morgan fingerprint density at radius 3 is 2.39 bits per heavy atom. The molecule has 0 spiro atoms. The molecule has 62 heavy (non-hydrogen) atoms. The van der Waals surface area contributed by atoms with Gasteiger partial charge in [-0.3, -0.25) is 29.5 Å². The minimum Gasteiger partial charge on any atom is -0.504 e. The molecule has 0 radical (unpaired) electrons. The zero-order chi connectivity index (χ0) is 43.0. The van der Waals surface area contributed by atoms with E-state index in [1.54, 1.807) is 86.8 Å². The van der Waals surface area contributed by atoms with Crippen LogP contribution in [0.4, 0.5) is 11.4 Å². The number of fused-ring (bicyclic) bond motifs is 5. The minimum atomic E-state index is -1.59. The number of amides is 4. The predicted molar refractivity (Wildman–Crippen MR) is 232 cm³/mol. The molecule has 6 unspecified atom stereocenters. The third-order valence-electron chi connectivity index (χ3n) is 12.9. The monoisotopic (exact) mass is 868 g/mol. The fourth-order valence-corrected chi connectivity index (χ4v) is 10.7. The van der Waals surface area contributed by atoms with E-state index >= 15 is 9.59 Å². The number of allylic oxidation sites excluding steroid dienone is 2. The number of methoxy groups -OCH3 is 1. The Morgan fingerprint density at radius 1 is 0.887 bits per heavy atom. The van der Waals surface area contributed by atoms with E-state index < -0.39 is 46.8 Å². The number of carbonyl (C=O) groups excluding carboxylic acids is 4. The van der Waals surface area contributed by atoms with E-state index in [4.69, 9.17) is 37.1 Å². The summed E-state index contributed by atoms with van der Waals surface area (Å²) < 4.78 is 17.3. The van der Waals surface area contributed by atoms with E-state index in [2.05, 4.69) is 10.4 Å². The molecule has 14 heteroatoms. The van der Waals surface area contributed by atoms with Crippen molar-refractivity contribution in [3.8, 4) is 28.7 Å². The predicted octanol–water partition coefficient (Wildman–Crippen LogP) is 9.10. The van der Waals surface area contributed by atoms with Crippen LogP contribution < -0.4 is 19.8 Å². The number of hydrogen-bond donors (Lipinski definition) is 2. The van der Waals surface area contributed by atoms with Gasteiger partial charge < -0.3 is 19.0 Å². The second-order valence-corrected chi connectivity index (χ2v) is 16.8. The second kappa shape index (κ2) is 15.1. The zero-order valence-electron chi connectivity index (χ0n) is 33.4. The van der Waals surface area contributed by atoms with Crippen molar-refractivity contribution in [2.24, 2.45) is 23.7 Å². The molecule has 4 amide bonds. The molecule has 3 fully saturated rings. The molecule has 3 heterocycles. The number of phenolic OH excluding ortho intramolecular Hbond substituents is 1. The maximum Gasteiger partial charge on any atom is 0.260 e. The van der Waals surface area contributed by atoms with Crippen molar-refractivity contribution in [3.05, 3.63) is 142 Å². The number of hydrogen-bond acceptors (Lipinski definition) is 10. The van der Waals surface area contributed by atoms with Gasteiger partial charge in [0.1, 0.15) is 11.3 Å². The Hall–Kier alpha value is -6.63. The second-order valence-electron chi connectivity index (χ2n) is 15.9. The van der Waals surface area contributed by atoms with Crippen LogP contribution in [0.15, 0.2) is 125 Å². The number of carbonyl (C=O) groups is 4. The molecule has 4 aliphatic rings. The number of nitrogens with zero attached hydrogens (tertiary/aromatic N) is 3. The molecule has 2 N–H and O–H groups in total. The topological polar surface area (TPSA) is 152 Å². The van der Waals surface area contributed by atoms with Crippen LogP contribution in [0.5, 0.6) is 17.2 Å². The third-order valence-corrected chi connectivity index (χ3v) is 13.4. The molecule has 2 aliphatic heterocycles. The zero-order valence-corrected chi connectivity index (χ0v) is 34.9. The van der Waals surface area contributed by atoms with Gasteiger partial charge in [0.05, 0.1) is 53.3 Å². The van der Waals surface area contributed by atoms with E-state index in [1.807, 2.05) is 30.3 Å². The molecule has 0 bridgehead atoms. The van der Waals surface area contributed by atoms with Gasteiger partial charge in [-0.25, -0.2) is 4.98 Å². The third kappa shape index (κ3) is 5.99. The number of anilines is 2. The summed E-state index contributed by atoms with van der Waals surface area (Å²) in [6.45, 7) is 2.05. The van der Waals surface area contributed by atoms with Crippen molar-refractivity contribution in [1.29, 1.82) is 0 Å². The molecular weight excluding hydrogens is 831 g/mol. The Morgan fingerprint density at radius 2 is 1.66 bits per heavy atom. The molecule has 2 aliphatic carbocycles. The number of ether oxygens (including phenoxy) is 2. The SMILES string of the molecule is CCOc1cc(C2C3=CCC4C(=O)N(c5ccc(-c6nc7ccccc7o6)cc5)C(=O)C4C3CC3C(=O)N(Nc4ccc(Cl)cc4Cl)C(=O)C32c2ccc(OC)cc2)ccc1O. The first-order valence-corrected chi connectivity index (χ1v) is 21.0. The van der Waals surface area contributed by atoms with Crippen LogP contribution in [0.3, 0.4) is 0 Å². The number of benzene rings is 5. The van der Waals surface area contributed by atoms with Crippen LogP contribution in [-0.4, -0.2) is 52.4 Å².